The smallest absolute Gasteiger partial charge is 0.254 e. The molecule has 4 heterocycles. The van der Waals surface area contributed by atoms with E-state index in [9.17, 15) is 14.7 Å². The van der Waals surface area contributed by atoms with Gasteiger partial charge in [0.1, 0.15) is 11.6 Å². The van der Waals surface area contributed by atoms with Crippen LogP contribution in [-0.4, -0.2) is 56.8 Å². The first kappa shape index (κ1) is 17.2. The summed E-state index contributed by atoms with van der Waals surface area (Å²) in [6, 6.07) is 2.48. The average Bonchev–Trinajstić information content (AvgIpc) is 3.08. The Morgan fingerprint density at radius 2 is 2.18 bits per heavy atom. The van der Waals surface area contributed by atoms with Crippen LogP contribution in [0.4, 0.5) is 11.6 Å². The molecule has 2 saturated heterocycles. The number of aliphatic hydroxyl groups is 1. The molecule has 0 spiro atoms. The summed E-state index contributed by atoms with van der Waals surface area (Å²) in [5.74, 6) is 0.985. The third kappa shape index (κ3) is 3.01. The molecular formula is C19H22N6O3. The molecule has 0 bridgehead atoms. The van der Waals surface area contributed by atoms with Gasteiger partial charge in [0.25, 0.3) is 5.91 Å². The summed E-state index contributed by atoms with van der Waals surface area (Å²) in [6.45, 7) is 0.940. The van der Waals surface area contributed by atoms with E-state index in [1.807, 2.05) is 6.07 Å². The molecule has 5 rings (SSSR count). The van der Waals surface area contributed by atoms with Crippen LogP contribution >= 0.6 is 0 Å². The molecule has 2 aliphatic heterocycles. The van der Waals surface area contributed by atoms with Gasteiger partial charge in [-0.2, -0.15) is 9.61 Å². The Hall–Kier alpha value is -2.94. The van der Waals surface area contributed by atoms with Crippen LogP contribution < -0.4 is 15.5 Å². The normalized spacial score (nSPS) is 23.8. The first-order chi connectivity index (χ1) is 13.6. The largest absolute Gasteiger partial charge is 0.394 e. The molecule has 2 amide bonds. The van der Waals surface area contributed by atoms with Crippen LogP contribution in [0.5, 0.6) is 0 Å². The third-order valence-corrected chi connectivity index (χ3v) is 5.52. The van der Waals surface area contributed by atoms with Gasteiger partial charge in [0.05, 0.1) is 25.3 Å². The molecule has 3 fully saturated rings. The number of nitrogens with one attached hydrogen (secondary N) is 2. The van der Waals surface area contributed by atoms with E-state index < -0.39 is 0 Å². The highest BCUT2D eigenvalue weighted by atomic mass is 16.3. The van der Waals surface area contributed by atoms with Gasteiger partial charge in [-0.25, -0.2) is 4.98 Å². The third-order valence-electron chi connectivity index (χ3n) is 5.52. The lowest BCUT2D eigenvalue weighted by Crippen LogP contribution is -2.33. The fourth-order valence-electron chi connectivity index (χ4n) is 3.89. The summed E-state index contributed by atoms with van der Waals surface area (Å²) in [5, 5.41) is 20.0. The van der Waals surface area contributed by atoms with Gasteiger partial charge >= 0.3 is 0 Å². The fourth-order valence-corrected chi connectivity index (χ4v) is 3.89. The van der Waals surface area contributed by atoms with Crippen LogP contribution in [0, 0.1) is 0 Å². The topological polar surface area (TPSA) is 112 Å². The van der Waals surface area contributed by atoms with Crippen LogP contribution in [0.2, 0.25) is 0 Å². The van der Waals surface area contributed by atoms with Crippen molar-refractivity contribution >= 4 is 35.2 Å². The molecule has 0 aromatic carbocycles. The van der Waals surface area contributed by atoms with E-state index >= 15 is 0 Å². The Labute approximate surface area is 161 Å². The van der Waals surface area contributed by atoms with Gasteiger partial charge in [-0.15, -0.1) is 0 Å². The molecule has 9 heteroatoms. The number of aliphatic hydroxyl groups excluding tert-OH is 1. The highest BCUT2D eigenvalue weighted by Gasteiger charge is 2.29. The van der Waals surface area contributed by atoms with Gasteiger partial charge in [0.2, 0.25) is 5.91 Å². The molecule has 0 radical (unpaired) electrons. The van der Waals surface area contributed by atoms with Crippen LogP contribution in [-0.2, 0) is 9.59 Å². The molecular weight excluding hydrogens is 360 g/mol. The summed E-state index contributed by atoms with van der Waals surface area (Å²) in [5.41, 5.74) is 1.74. The second-order valence-corrected chi connectivity index (χ2v) is 7.65. The van der Waals surface area contributed by atoms with Crippen molar-refractivity contribution in [1.29, 1.82) is 0 Å². The Morgan fingerprint density at radius 3 is 2.89 bits per heavy atom. The number of fused-ring (bicyclic) bond motifs is 1. The van der Waals surface area contributed by atoms with E-state index in [-0.39, 0.29) is 30.9 Å². The lowest BCUT2D eigenvalue weighted by Gasteiger charge is -2.25. The van der Waals surface area contributed by atoms with E-state index in [1.165, 1.54) is 0 Å². The van der Waals surface area contributed by atoms with Crippen molar-refractivity contribution in [3.63, 3.8) is 0 Å². The molecule has 2 aromatic heterocycles. The van der Waals surface area contributed by atoms with Crippen LogP contribution in [0.15, 0.2) is 17.8 Å². The zero-order chi connectivity index (χ0) is 19.3. The predicted molar refractivity (Wildman–Crippen MR) is 103 cm³/mol. The molecule has 1 atom stereocenters. The molecule has 9 nitrogen and oxygen atoms in total. The number of hydrogen-bond acceptors (Lipinski definition) is 7. The molecule has 1 saturated carbocycles. The van der Waals surface area contributed by atoms with Crippen LogP contribution in [0.1, 0.15) is 37.7 Å². The average molecular weight is 382 g/mol. The number of nitrogens with zero attached hydrogens (tertiary/aromatic N) is 4. The molecule has 3 aliphatic rings. The van der Waals surface area contributed by atoms with Gasteiger partial charge in [0, 0.05) is 29.8 Å². The molecule has 3 N–H and O–H groups in total. The zero-order valence-electron chi connectivity index (χ0n) is 15.4. The predicted octanol–water partition coefficient (Wildman–Crippen LogP) is 0.695. The van der Waals surface area contributed by atoms with Gasteiger partial charge in [-0.1, -0.05) is 0 Å². The monoisotopic (exact) mass is 382 g/mol. The first-order valence-corrected chi connectivity index (χ1v) is 9.70. The summed E-state index contributed by atoms with van der Waals surface area (Å²) in [4.78, 5) is 30.4. The number of imide groups is 1. The van der Waals surface area contributed by atoms with Crippen molar-refractivity contribution in [3.05, 3.63) is 23.4 Å². The Morgan fingerprint density at radius 1 is 1.32 bits per heavy atom. The number of anilines is 2. The number of rotatable bonds is 5. The van der Waals surface area contributed by atoms with Gasteiger partial charge in [0.15, 0.2) is 5.65 Å². The highest BCUT2D eigenvalue weighted by molar-refractivity contribution is 6.15. The molecule has 28 heavy (non-hydrogen) atoms. The number of carbonyl (C=O) groups is 2. The molecule has 2 aromatic rings. The minimum absolute atomic E-state index is 0.0617. The van der Waals surface area contributed by atoms with Crippen molar-refractivity contribution in [2.75, 3.05) is 23.4 Å². The standard InChI is InChI=1S/C19H22N6O3/c26-10-14-2-1-5-24(14)15-8-16(21-13-3-4-13)25-18(22-15)12(9-20-25)6-11-7-17(27)23-19(11)28/h6,8-9,13-14,21,26H,1-5,7,10H2,(H,23,27,28)/b11-6+/t14-/m0/s1. The zero-order valence-corrected chi connectivity index (χ0v) is 15.4. The summed E-state index contributed by atoms with van der Waals surface area (Å²) in [7, 11) is 0. The fraction of sp³-hybridized carbons (Fsp3) is 0.474. The first-order valence-electron chi connectivity index (χ1n) is 9.70. The second-order valence-electron chi connectivity index (χ2n) is 7.65. The second kappa shape index (κ2) is 6.59. The maximum atomic E-state index is 11.9. The van der Waals surface area contributed by atoms with Crippen molar-refractivity contribution < 1.29 is 14.7 Å². The molecule has 1 aliphatic carbocycles. The maximum absolute atomic E-state index is 11.9. The van der Waals surface area contributed by atoms with E-state index in [1.54, 1.807) is 16.8 Å². The number of aromatic nitrogens is 3. The van der Waals surface area contributed by atoms with Crippen LogP contribution in [0.3, 0.4) is 0 Å². The summed E-state index contributed by atoms with van der Waals surface area (Å²) >= 11 is 0. The van der Waals surface area contributed by atoms with Crippen molar-refractivity contribution in [2.45, 2.75) is 44.2 Å². The minimum atomic E-state index is -0.364. The van der Waals surface area contributed by atoms with E-state index in [4.69, 9.17) is 4.98 Å². The SMILES string of the molecule is O=C1C/C(=C\c2cnn3c(NC4CC4)cc(N4CCC[C@H]4CO)nc23)C(=O)N1. The lowest BCUT2D eigenvalue weighted by atomic mass is 10.1. The lowest BCUT2D eigenvalue weighted by molar-refractivity contribution is -0.124. The van der Waals surface area contributed by atoms with Crippen molar-refractivity contribution in [2.24, 2.45) is 0 Å². The van der Waals surface area contributed by atoms with Gasteiger partial charge in [-0.3, -0.25) is 14.9 Å². The Balaban J connectivity index is 1.60. The van der Waals surface area contributed by atoms with Crippen LogP contribution in [0.25, 0.3) is 11.7 Å². The summed E-state index contributed by atoms with van der Waals surface area (Å²) < 4.78 is 1.74. The van der Waals surface area contributed by atoms with E-state index in [2.05, 4.69) is 20.6 Å². The van der Waals surface area contributed by atoms with E-state index in [0.29, 0.717) is 22.8 Å². The summed E-state index contributed by atoms with van der Waals surface area (Å²) in [6.07, 6.45) is 7.64. The van der Waals surface area contributed by atoms with Crippen molar-refractivity contribution in [1.82, 2.24) is 19.9 Å². The highest BCUT2D eigenvalue weighted by Crippen LogP contribution is 2.31. The van der Waals surface area contributed by atoms with Gasteiger partial charge < -0.3 is 15.3 Å². The number of hydrogen-bond donors (Lipinski definition) is 3. The quantitative estimate of drug-likeness (QED) is 0.515. The van der Waals surface area contributed by atoms with E-state index in [0.717, 1.165) is 43.9 Å². The minimum Gasteiger partial charge on any atom is -0.394 e. The maximum Gasteiger partial charge on any atom is 0.254 e. The molecule has 0 unspecified atom stereocenters. The molecule has 146 valence electrons. The Bertz CT molecular complexity index is 993. The number of amides is 2. The number of carbonyl (C=O) groups excluding carboxylic acids is 2. The Kier molecular flexibility index (Phi) is 4.04. The van der Waals surface area contributed by atoms with Gasteiger partial charge in [-0.05, 0) is 31.8 Å². The van der Waals surface area contributed by atoms with Crippen molar-refractivity contribution in [3.8, 4) is 0 Å².